The van der Waals surface area contributed by atoms with E-state index >= 15 is 0 Å². The van der Waals surface area contributed by atoms with Crippen molar-refractivity contribution in [3.8, 4) is 5.75 Å². The van der Waals surface area contributed by atoms with Crippen LogP contribution in [0, 0.1) is 6.92 Å². The first-order chi connectivity index (χ1) is 19.6. The zero-order valence-corrected chi connectivity index (χ0v) is 23.2. The second kappa shape index (κ2) is 11.7. The van der Waals surface area contributed by atoms with E-state index in [1.54, 1.807) is 36.0 Å². The zero-order chi connectivity index (χ0) is 29.1. The highest BCUT2D eigenvalue weighted by atomic mass is 32.2. The molecule has 41 heavy (non-hydrogen) atoms. The molecule has 0 radical (unpaired) electrons. The third-order valence-corrected chi connectivity index (χ3v) is 8.08. The van der Waals surface area contributed by atoms with Crippen molar-refractivity contribution in [2.75, 3.05) is 5.43 Å². The molecule has 10 heteroatoms. The zero-order valence-electron chi connectivity index (χ0n) is 22.4. The molecule has 3 aromatic carbocycles. The van der Waals surface area contributed by atoms with Crippen LogP contribution in [0.2, 0.25) is 0 Å². The van der Waals surface area contributed by atoms with Gasteiger partial charge in [-0.25, -0.2) is 0 Å². The van der Waals surface area contributed by atoms with Crippen molar-refractivity contribution in [2.24, 2.45) is 0 Å². The van der Waals surface area contributed by atoms with Gasteiger partial charge in [-0.1, -0.05) is 66.7 Å². The van der Waals surface area contributed by atoms with Crippen LogP contribution in [-0.2, 0) is 12.4 Å². The number of pyridine rings is 1. The Morgan fingerprint density at radius 1 is 1.02 bits per heavy atom. The van der Waals surface area contributed by atoms with Gasteiger partial charge in [0.1, 0.15) is 12.6 Å². The van der Waals surface area contributed by atoms with E-state index < -0.39 is 29.6 Å². The second-order valence-electron chi connectivity index (χ2n) is 9.77. The molecule has 2 N–H and O–H groups in total. The van der Waals surface area contributed by atoms with Crippen molar-refractivity contribution >= 4 is 17.7 Å². The largest absolute Gasteiger partial charge is 0.482 e. The van der Waals surface area contributed by atoms with Crippen LogP contribution < -0.4 is 20.9 Å². The lowest BCUT2D eigenvalue weighted by molar-refractivity contribution is -0.149. The normalized spacial score (nSPS) is 15.2. The number of aromatic nitrogens is 1. The number of thioether (sulfide) groups is 1. The molecule has 1 aliphatic rings. The summed E-state index contributed by atoms with van der Waals surface area (Å²) in [5.41, 5.74) is 7.18. The minimum Gasteiger partial charge on any atom is -0.482 e. The summed E-state index contributed by atoms with van der Waals surface area (Å²) in [5.74, 6) is -0.719. The summed E-state index contributed by atoms with van der Waals surface area (Å²) in [6.45, 7) is 2.82. The number of rotatable bonds is 7. The van der Waals surface area contributed by atoms with E-state index in [2.05, 4.69) is 5.43 Å². The summed E-state index contributed by atoms with van der Waals surface area (Å²) in [4.78, 5) is 27.5. The van der Waals surface area contributed by atoms with Crippen LogP contribution in [0.4, 0.5) is 13.2 Å². The number of aryl methyl sites for hydroxylation is 1. The molecule has 1 amide bonds. The van der Waals surface area contributed by atoms with Crippen molar-refractivity contribution in [3.63, 3.8) is 0 Å². The fourth-order valence-corrected chi connectivity index (χ4v) is 5.91. The minimum atomic E-state index is -4.68. The van der Waals surface area contributed by atoms with E-state index in [4.69, 9.17) is 4.74 Å². The molecule has 6 nitrogen and oxygen atoms in total. The average molecular weight is 580 g/mol. The van der Waals surface area contributed by atoms with Crippen molar-refractivity contribution < 1.29 is 22.7 Å². The monoisotopic (exact) mass is 579 g/mol. The van der Waals surface area contributed by atoms with E-state index in [9.17, 15) is 22.8 Å². The number of hydrogen-bond donors (Lipinski definition) is 2. The van der Waals surface area contributed by atoms with Gasteiger partial charge in [0.25, 0.3) is 5.91 Å². The number of carbonyl (C=O) groups excluding carboxylic acids is 1. The van der Waals surface area contributed by atoms with E-state index in [0.717, 1.165) is 45.4 Å². The molecule has 1 aromatic heterocycles. The molecule has 0 spiro atoms. The number of carbonyl (C=O) groups is 1. The van der Waals surface area contributed by atoms with Gasteiger partial charge in [0.05, 0.1) is 6.04 Å². The molecule has 1 unspecified atom stereocenters. The number of nitrogens with one attached hydrogen (secondary N) is 2. The van der Waals surface area contributed by atoms with E-state index in [-0.39, 0.29) is 18.1 Å². The Bertz CT molecular complexity index is 1620. The van der Waals surface area contributed by atoms with Gasteiger partial charge in [0.15, 0.2) is 11.4 Å². The van der Waals surface area contributed by atoms with Gasteiger partial charge in [-0.2, -0.15) is 13.2 Å². The summed E-state index contributed by atoms with van der Waals surface area (Å²) in [6, 6.07) is 21.4. The molecule has 1 aliphatic heterocycles. The van der Waals surface area contributed by atoms with Gasteiger partial charge in [0.2, 0.25) is 5.43 Å². The van der Waals surface area contributed by atoms with E-state index in [1.807, 2.05) is 60.8 Å². The second-order valence-corrected chi connectivity index (χ2v) is 10.8. The first-order valence-corrected chi connectivity index (χ1v) is 14.0. The molecule has 0 fully saturated rings. The maximum atomic E-state index is 13.5. The van der Waals surface area contributed by atoms with E-state index in [1.165, 1.54) is 16.9 Å². The number of amides is 1. The topological polar surface area (TPSA) is 72.4 Å². The van der Waals surface area contributed by atoms with Gasteiger partial charge >= 0.3 is 6.18 Å². The van der Waals surface area contributed by atoms with Crippen LogP contribution in [0.3, 0.4) is 0 Å². The number of halogens is 3. The van der Waals surface area contributed by atoms with Gasteiger partial charge in [-0.05, 0) is 47.7 Å². The van der Waals surface area contributed by atoms with Gasteiger partial charge < -0.3 is 15.5 Å². The molecule has 2 atom stereocenters. The molecule has 212 valence electrons. The summed E-state index contributed by atoms with van der Waals surface area (Å²) >= 11 is 1.69. The van der Waals surface area contributed by atoms with Crippen LogP contribution in [0.25, 0.3) is 0 Å². The lowest BCUT2D eigenvalue weighted by atomic mass is 9.93. The highest BCUT2D eigenvalue weighted by Crippen LogP contribution is 2.41. The highest BCUT2D eigenvalue weighted by molar-refractivity contribution is 7.98. The quantitative estimate of drug-likeness (QED) is 0.267. The van der Waals surface area contributed by atoms with Crippen LogP contribution in [0.1, 0.15) is 51.3 Å². The first-order valence-electron chi connectivity index (χ1n) is 13.0. The van der Waals surface area contributed by atoms with Crippen molar-refractivity contribution in [1.82, 2.24) is 9.99 Å². The fourth-order valence-electron chi connectivity index (χ4n) is 4.69. The number of fused-ring (bicyclic) bond motifs is 2. The van der Waals surface area contributed by atoms with Crippen LogP contribution in [-0.4, -0.2) is 22.8 Å². The van der Waals surface area contributed by atoms with Crippen molar-refractivity contribution in [3.05, 3.63) is 129 Å². The molecule has 5 rings (SSSR count). The molecular formula is C31H28F3N3O3S. The summed E-state index contributed by atoms with van der Waals surface area (Å²) < 4.78 is 47.4. The molecule has 4 aromatic rings. The molecular weight excluding hydrogens is 551 g/mol. The van der Waals surface area contributed by atoms with Gasteiger partial charge in [-0.3, -0.25) is 14.3 Å². The Morgan fingerprint density at radius 3 is 2.49 bits per heavy atom. The van der Waals surface area contributed by atoms with Gasteiger partial charge in [-0.15, -0.1) is 11.8 Å². The average Bonchev–Trinajstić information content (AvgIpc) is 3.11. The molecule has 2 heterocycles. The van der Waals surface area contributed by atoms with Crippen LogP contribution in [0.5, 0.6) is 5.75 Å². The van der Waals surface area contributed by atoms with Crippen molar-refractivity contribution in [2.45, 2.75) is 49.4 Å². The number of nitrogens with zero attached hydrogens (tertiary/aromatic N) is 1. The smallest absolute Gasteiger partial charge is 0.408 e. The third-order valence-electron chi connectivity index (χ3n) is 6.96. The number of ether oxygens (including phenoxy) is 1. The fraction of sp³-hybridized carbons (Fsp3) is 0.226. The molecule has 0 saturated carbocycles. The Kier molecular flexibility index (Phi) is 8.12. The standard InChI is InChI=1S/C31H28F3N3O3S/c1-19-9-8-13-22-24(19)18-41-26-14-7-6-12-23(26)27(22)36-37-16-15-25(38)29(40-17-21-10-4-3-5-11-21)28(37)30(39)35-20(2)31(32,33)34/h3-16,20,27,36H,17-18H2,1-2H3,(H,35,39)/t20-,27?/m1/s1. The molecule has 0 aliphatic carbocycles. The van der Waals surface area contributed by atoms with Crippen LogP contribution >= 0.6 is 11.8 Å². The Balaban J connectivity index is 1.62. The Hall–Kier alpha value is -4.18. The minimum absolute atomic E-state index is 0.0554. The van der Waals surface area contributed by atoms with Crippen LogP contribution in [0.15, 0.2) is 94.7 Å². The summed E-state index contributed by atoms with van der Waals surface area (Å²) in [6.07, 6.45) is -3.33. The third kappa shape index (κ3) is 6.12. The number of benzene rings is 3. The number of alkyl halides is 3. The Labute approximate surface area is 239 Å². The predicted octanol–water partition coefficient (Wildman–Crippen LogP) is 6.36. The lowest BCUT2D eigenvalue weighted by Gasteiger charge is -2.27. The summed E-state index contributed by atoms with van der Waals surface area (Å²) in [7, 11) is 0. The number of hydrogen-bond acceptors (Lipinski definition) is 5. The predicted molar refractivity (Wildman–Crippen MR) is 153 cm³/mol. The Morgan fingerprint density at radius 2 is 1.73 bits per heavy atom. The van der Waals surface area contributed by atoms with E-state index in [0.29, 0.717) is 0 Å². The molecule has 0 bridgehead atoms. The maximum Gasteiger partial charge on any atom is 0.408 e. The highest BCUT2D eigenvalue weighted by Gasteiger charge is 2.38. The van der Waals surface area contributed by atoms with Gasteiger partial charge in [0, 0.05) is 22.9 Å². The maximum absolute atomic E-state index is 13.5. The molecule has 0 saturated heterocycles. The SMILES string of the molecule is Cc1cccc2c1CSc1ccccc1C2Nn1ccc(=O)c(OCc2ccccc2)c1C(=O)N[C@H](C)C(F)(F)F. The van der Waals surface area contributed by atoms with Crippen molar-refractivity contribution in [1.29, 1.82) is 0 Å². The summed E-state index contributed by atoms with van der Waals surface area (Å²) in [5, 5.41) is 1.99. The first kappa shape index (κ1) is 28.4. The lowest BCUT2D eigenvalue weighted by Crippen LogP contribution is -2.45.